The lowest BCUT2D eigenvalue weighted by Gasteiger charge is -2.30. The maximum absolute atomic E-state index is 12.3. The van der Waals surface area contributed by atoms with E-state index < -0.39 is 11.9 Å². The number of aliphatic carboxylic acids is 1. The van der Waals surface area contributed by atoms with Crippen LogP contribution in [0.3, 0.4) is 0 Å². The van der Waals surface area contributed by atoms with Gasteiger partial charge in [0.25, 0.3) is 0 Å². The smallest absolute Gasteiger partial charge is 0.307 e. The van der Waals surface area contributed by atoms with E-state index in [1.165, 1.54) is 0 Å². The summed E-state index contributed by atoms with van der Waals surface area (Å²) in [7, 11) is 0. The molecule has 0 aromatic rings. The van der Waals surface area contributed by atoms with Gasteiger partial charge in [0.1, 0.15) is 0 Å². The molecule has 0 radical (unpaired) electrons. The van der Waals surface area contributed by atoms with Gasteiger partial charge in [0.15, 0.2) is 0 Å². The predicted octanol–water partition coefficient (Wildman–Crippen LogP) is 1.91. The maximum atomic E-state index is 12.3. The Morgan fingerprint density at radius 3 is 2.29 bits per heavy atom. The second kappa shape index (κ2) is 6.42. The van der Waals surface area contributed by atoms with Gasteiger partial charge >= 0.3 is 5.97 Å². The Kier molecular flexibility index (Phi) is 5.19. The largest absolute Gasteiger partial charge is 0.481 e. The molecular formula is C13H21NO3. The average Bonchev–Trinajstić information content (AvgIpc) is 2.35. The average molecular weight is 239 g/mol. The monoisotopic (exact) mass is 239 g/mol. The number of nitrogens with zero attached hydrogens (tertiary/aromatic N) is 1. The number of carboxylic acid groups (broad SMARTS) is 1. The van der Waals surface area contributed by atoms with Crippen LogP contribution in [0.4, 0.5) is 0 Å². The molecule has 2 atom stereocenters. The zero-order valence-corrected chi connectivity index (χ0v) is 10.6. The second-order valence-corrected chi connectivity index (χ2v) is 4.41. The van der Waals surface area contributed by atoms with Crippen LogP contribution in [-0.2, 0) is 9.59 Å². The summed E-state index contributed by atoms with van der Waals surface area (Å²) in [6.45, 7) is 5.31. The van der Waals surface area contributed by atoms with Gasteiger partial charge in [-0.2, -0.15) is 0 Å². The van der Waals surface area contributed by atoms with Gasteiger partial charge in [0.2, 0.25) is 5.91 Å². The lowest BCUT2D eigenvalue weighted by molar-refractivity contribution is -0.150. The third kappa shape index (κ3) is 3.32. The Labute approximate surface area is 102 Å². The Morgan fingerprint density at radius 1 is 1.24 bits per heavy atom. The van der Waals surface area contributed by atoms with E-state index in [1.807, 2.05) is 26.0 Å². The van der Waals surface area contributed by atoms with Crippen molar-refractivity contribution < 1.29 is 14.7 Å². The van der Waals surface area contributed by atoms with Crippen LogP contribution in [0.5, 0.6) is 0 Å². The van der Waals surface area contributed by atoms with Crippen LogP contribution in [0, 0.1) is 11.8 Å². The zero-order valence-electron chi connectivity index (χ0n) is 10.6. The molecule has 96 valence electrons. The molecule has 2 unspecified atom stereocenters. The van der Waals surface area contributed by atoms with E-state index in [2.05, 4.69) is 0 Å². The molecule has 0 fully saturated rings. The number of hydrogen-bond donors (Lipinski definition) is 1. The number of carbonyl (C=O) groups excluding carboxylic acids is 1. The van der Waals surface area contributed by atoms with Crippen molar-refractivity contribution in [2.75, 3.05) is 13.1 Å². The van der Waals surface area contributed by atoms with E-state index in [0.717, 1.165) is 6.42 Å². The normalized spacial score (nSPS) is 23.4. The fourth-order valence-corrected chi connectivity index (χ4v) is 2.29. The fraction of sp³-hybridized carbons (Fsp3) is 0.692. The van der Waals surface area contributed by atoms with Crippen LogP contribution in [-0.4, -0.2) is 35.0 Å². The van der Waals surface area contributed by atoms with Crippen molar-refractivity contribution in [1.29, 1.82) is 0 Å². The molecule has 0 saturated heterocycles. The molecule has 0 aromatic carbocycles. The Morgan fingerprint density at radius 2 is 1.82 bits per heavy atom. The van der Waals surface area contributed by atoms with Crippen LogP contribution < -0.4 is 0 Å². The quantitative estimate of drug-likeness (QED) is 0.746. The summed E-state index contributed by atoms with van der Waals surface area (Å²) in [5.41, 5.74) is 0. The van der Waals surface area contributed by atoms with E-state index >= 15 is 0 Å². The van der Waals surface area contributed by atoms with Gasteiger partial charge in [-0.1, -0.05) is 19.1 Å². The van der Waals surface area contributed by atoms with E-state index in [-0.39, 0.29) is 11.8 Å². The number of rotatable bonds is 5. The van der Waals surface area contributed by atoms with Gasteiger partial charge in [-0.15, -0.1) is 0 Å². The highest BCUT2D eigenvalue weighted by Gasteiger charge is 2.35. The zero-order chi connectivity index (χ0) is 12.8. The van der Waals surface area contributed by atoms with Crippen molar-refractivity contribution >= 4 is 11.9 Å². The van der Waals surface area contributed by atoms with Gasteiger partial charge in [0.05, 0.1) is 11.8 Å². The minimum absolute atomic E-state index is 0.00824. The number of carboxylic acids is 1. The highest BCUT2D eigenvalue weighted by atomic mass is 16.4. The van der Waals surface area contributed by atoms with Crippen LogP contribution in [0.2, 0.25) is 0 Å². The van der Waals surface area contributed by atoms with E-state index in [1.54, 1.807) is 4.90 Å². The van der Waals surface area contributed by atoms with Gasteiger partial charge in [-0.25, -0.2) is 0 Å². The predicted molar refractivity (Wildman–Crippen MR) is 65.5 cm³/mol. The number of amides is 1. The topological polar surface area (TPSA) is 57.6 Å². The van der Waals surface area contributed by atoms with Crippen molar-refractivity contribution in [2.45, 2.75) is 33.1 Å². The summed E-state index contributed by atoms with van der Waals surface area (Å²) in [6.07, 6.45) is 5.70. The Bertz CT molecular complexity index is 312. The summed E-state index contributed by atoms with van der Waals surface area (Å²) >= 11 is 0. The molecule has 1 rings (SSSR count). The molecule has 1 aliphatic rings. The fourth-order valence-electron chi connectivity index (χ4n) is 2.29. The van der Waals surface area contributed by atoms with Crippen molar-refractivity contribution in [3.8, 4) is 0 Å². The molecule has 17 heavy (non-hydrogen) atoms. The molecule has 1 amide bonds. The molecule has 1 aliphatic carbocycles. The summed E-state index contributed by atoms with van der Waals surface area (Å²) in [4.78, 5) is 25.2. The molecule has 0 aliphatic heterocycles. The number of hydrogen-bond acceptors (Lipinski definition) is 2. The van der Waals surface area contributed by atoms with Crippen molar-refractivity contribution in [2.24, 2.45) is 11.8 Å². The first-order valence-electron chi connectivity index (χ1n) is 6.28. The van der Waals surface area contributed by atoms with Gasteiger partial charge < -0.3 is 10.0 Å². The minimum Gasteiger partial charge on any atom is -0.481 e. The van der Waals surface area contributed by atoms with E-state index in [4.69, 9.17) is 5.11 Å². The minimum atomic E-state index is -0.861. The van der Waals surface area contributed by atoms with Crippen LogP contribution in [0.25, 0.3) is 0 Å². The van der Waals surface area contributed by atoms with Crippen LogP contribution >= 0.6 is 0 Å². The van der Waals surface area contributed by atoms with Gasteiger partial charge in [0, 0.05) is 13.1 Å². The third-order valence-corrected chi connectivity index (χ3v) is 3.25. The summed E-state index contributed by atoms with van der Waals surface area (Å²) < 4.78 is 0. The van der Waals surface area contributed by atoms with E-state index in [9.17, 15) is 9.59 Å². The summed E-state index contributed by atoms with van der Waals surface area (Å²) in [6, 6.07) is 0. The molecule has 0 heterocycles. The molecule has 0 bridgehead atoms. The van der Waals surface area contributed by atoms with E-state index in [0.29, 0.717) is 25.9 Å². The van der Waals surface area contributed by atoms with Crippen molar-refractivity contribution in [3.05, 3.63) is 12.2 Å². The Balaban J connectivity index is 2.77. The molecule has 4 nitrogen and oxygen atoms in total. The molecule has 4 heteroatoms. The molecule has 1 N–H and O–H groups in total. The van der Waals surface area contributed by atoms with Crippen LogP contribution in [0.15, 0.2) is 12.2 Å². The third-order valence-electron chi connectivity index (χ3n) is 3.25. The lowest BCUT2D eigenvalue weighted by atomic mass is 9.82. The van der Waals surface area contributed by atoms with Crippen LogP contribution in [0.1, 0.15) is 33.1 Å². The summed E-state index contributed by atoms with van der Waals surface area (Å²) in [5, 5.41) is 9.14. The SMILES string of the molecule is CCCN(CC)C(=O)C1CC=CCC1C(=O)O. The highest BCUT2D eigenvalue weighted by Crippen LogP contribution is 2.27. The van der Waals surface area contributed by atoms with Gasteiger partial charge in [-0.3, -0.25) is 9.59 Å². The Hall–Kier alpha value is -1.32. The molecule has 0 saturated carbocycles. The first-order valence-corrected chi connectivity index (χ1v) is 6.28. The molecule has 0 spiro atoms. The lowest BCUT2D eigenvalue weighted by Crippen LogP contribution is -2.42. The second-order valence-electron chi connectivity index (χ2n) is 4.41. The molecular weight excluding hydrogens is 218 g/mol. The highest BCUT2D eigenvalue weighted by molar-refractivity contribution is 5.85. The first kappa shape index (κ1) is 13.7. The number of allylic oxidation sites excluding steroid dienone is 2. The standard InChI is InChI=1S/C13H21NO3/c1-3-9-14(4-2)12(15)10-7-5-6-8-11(10)13(16)17/h5-6,10-11H,3-4,7-9H2,1-2H3,(H,16,17). The van der Waals surface area contributed by atoms with Gasteiger partial charge in [-0.05, 0) is 26.2 Å². The molecule has 0 aromatic heterocycles. The maximum Gasteiger partial charge on any atom is 0.307 e. The first-order chi connectivity index (χ1) is 8.11. The van der Waals surface area contributed by atoms with Crippen molar-refractivity contribution in [3.63, 3.8) is 0 Å². The van der Waals surface area contributed by atoms with Crippen molar-refractivity contribution in [1.82, 2.24) is 4.90 Å². The number of carbonyl (C=O) groups is 2. The summed E-state index contributed by atoms with van der Waals surface area (Å²) in [5.74, 6) is -1.81.